The zero-order valence-corrected chi connectivity index (χ0v) is 25.8. The Labute approximate surface area is 272 Å². The Morgan fingerprint density at radius 1 is 0.444 bits per heavy atom. The van der Waals surface area contributed by atoms with Crippen molar-refractivity contribution in [3.8, 4) is 0 Å². The van der Waals surface area contributed by atoms with Gasteiger partial charge in [-0.2, -0.15) is 78.9 Å². The van der Waals surface area contributed by atoms with Crippen LogP contribution in [0.2, 0.25) is 0 Å². The molecule has 10 rings (SSSR count). The molecule has 1 radical (unpaired) electrons. The molecule has 221 valence electrons. The van der Waals surface area contributed by atoms with E-state index in [9.17, 15) is 20.4 Å². The maximum Gasteiger partial charge on any atom is 0.257 e. The summed E-state index contributed by atoms with van der Waals surface area (Å²) in [5, 5.41) is 51.7. The molecule has 7 nitrogen and oxygen atoms in total. The number of rotatable bonds is 0. The molecule has 4 atom stereocenters. The molecule has 8 heteroatoms. The first-order valence-corrected chi connectivity index (χ1v) is 14.2. The summed E-state index contributed by atoms with van der Waals surface area (Å²) in [5.41, 5.74) is -5.38. The van der Waals surface area contributed by atoms with Crippen molar-refractivity contribution in [2.45, 2.75) is 22.5 Å². The zero-order valence-electron chi connectivity index (χ0n) is 23.4. The van der Waals surface area contributed by atoms with E-state index in [1.807, 2.05) is 0 Å². The van der Waals surface area contributed by atoms with Crippen LogP contribution in [0.15, 0.2) is 109 Å². The zero-order chi connectivity index (χ0) is 29.9. The van der Waals surface area contributed by atoms with Gasteiger partial charge in [-0.15, -0.1) is 28.3 Å². The average molecular weight is 765 g/mol. The predicted molar refractivity (Wildman–Crippen MR) is 154 cm³/mol. The third kappa shape index (κ3) is 3.44. The van der Waals surface area contributed by atoms with Crippen LogP contribution in [-0.4, -0.2) is 30.4 Å². The summed E-state index contributed by atoms with van der Waals surface area (Å²) in [6.07, 6.45) is 4.89. The van der Waals surface area contributed by atoms with Gasteiger partial charge in [-0.05, 0) is 24.3 Å². The molecule has 0 fully saturated rings. The summed E-state index contributed by atoms with van der Waals surface area (Å²) in [5.74, 6) is 0. The van der Waals surface area contributed by atoms with Crippen LogP contribution in [-0.2, 0) is 42.6 Å². The molecule has 0 spiro atoms. The van der Waals surface area contributed by atoms with Gasteiger partial charge < -0.3 is 20.4 Å². The number of hydrogen-bond acceptors (Lipinski definition) is 6. The summed E-state index contributed by atoms with van der Waals surface area (Å²) >= 11 is 0. The topological polar surface area (TPSA) is 111 Å². The van der Waals surface area contributed by atoms with E-state index < -0.39 is 22.5 Å². The maximum atomic E-state index is 12.9. The minimum absolute atomic E-state index is 0. The number of hydrogen-bond donors (Lipinski definition) is 4. The first-order chi connectivity index (χ1) is 21.3. The predicted octanol–water partition coefficient (Wildman–Crippen LogP) is 2.50. The van der Waals surface area contributed by atoms with Crippen LogP contribution in [0.25, 0.3) is 0 Å². The van der Waals surface area contributed by atoms with E-state index in [1.54, 1.807) is 109 Å². The largest absolute Gasteiger partial charge is 0.379 e. The van der Waals surface area contributed by atoms with Crippen molar-refractivity contribution in [3.05, 3.63) is 195 Å². The van der Waals surface area contributed by atoms with E-state index in [2.05, 4.69) is 24.4 Å². The molecule has 4 unspecified atom stereocenters. The van der Waals surface area contributed by atoms with E-state index in [1.165, 1.54) is 4.57 Å². The van der Waals surface area contributed by atoms with Gasteiger partial charge in [0.15, 0.2) is 5.60 Å². The van der Waals surface area contributed by atoms with Crippen molar-refractivity contribution in [2.24, 2.45) is 0 Å². The second-order valence-corrected chi connectivity index (χ2v) is 11.5. The van der Waals surface area contributed by atoms with Crippen molar-refractivity contribution < 1.29 is 45.1 Å². The first kappa shape index (κ1) is 28.1. The summed E-state index contributed by atoms with van der Waals surface area (Å²) in [6.45, 7) is 0. The van der Waals surface area contributed by atoms with E-state index >= 15 is 0 Å². The Hall–Kier alpha value is -4.40. The molecule has 3 aromatic heterocycles. The van der Waals surface area contributed by atoms with E-state index in [0.717, 1.165) is 0 Å². The van der Waals surface area contributed by atoms with E-state index in [4.69, 9.17) is 9.97 Å². The molecule has 0 aliphatic carbocycles. The molecule has 0 saturated heterocycles. The Morgan fingerprint density at radius 2 is 0.800 bits per heavy atom. The fourth-order valence-corrected chi connectivity index (χ4v) is 6.81. The average Bonchev–Trinajstić information content (AvgIpc) is 3.09. The maximum absolute atomic E-state index is 12.9. The molecule has 4 N–H and O–H groups in total. The smallest absolute Gasteiger partial charge is 0.257 e. The molecular formula is C37H22IrN3O4-3. The molecule has 16 bridgehead atoms. The monoisotopic (exact) mass is 765 g/mol. The first-order valence-electron chi connectivity index (χ1n) is 14.2. The summed E-state index contributed by atoms with van der Waals surface area (Å²) in [6, 6.07) is 38.8. The number of aromatic nitrogens is 3. The van der Waals surface area contributed by atoms with Crippen LogP contribution in [0, 0.1) is 24.4 Å². The standard InChI is InChI=1S/C37H22N3O4.Ir/c41-34-23-7-1-8-24(19-23)35(42)29-13-6-18-40(22-29)37(44,27-11-2-9-25(34)20-27)28-12-3-10-26(21-28)36(43,32-16-4-14-30(34)38-32)33-17-5-15-31(35)39-33;/h1-18,41-44H;/q-3;. The molecule has 6 aromatic rings. The molecule has 7 heterocycles. The van der Waals surface area contributed by atoms with Gasteiger partial charge in [0.05, 0.1) is 29.0 Å². The number of aliphatic hydroxyl groups is 4. The fourth-order valence-electron chi connectivity index (χ4n) is 6.81. The molecule has 3 aromatic carbocycles. The third-order valence-electron chi connectivity index (χ3n) is 9.15. The Kier molecular flexibility index (Phi) is 5.81. The minimum Gasteiger partial charge on any atom is -0.379 e. The van der Waals surface area contributed by atoms with Gasteiger partial charge in [0, 0.05) is 20.1 Å². The SMILES string of the molecule is OC12c3[c-]c(ccc3)C3(O)c4[c-][n+](ccc4)C(O)(c4[c-]c1ccc4)c1[c-]c(ccc1)C(O)(c1cccc2n1)c1cccc3n1.[Ir]. The summed E-state index contributed by atoms with van der Waals surface area (Å²) < 4.78 is 1.46. The molecule has 45 heavy (non-hydrogen) atoms. The number of nitrogens with zero attached hydrogens (tertiary/aromatic N) is 3. The van der Waals surface area contributed by atoms with Crippen molar-refractivity contribution >= 4 is 0 Å². The third-order valence-corrected chi connectivity index (χ3v) is 9.15. The molecule has 4 aliphatic heterocycles. The minimum atomic E-state index is -2.01. The normalized spacial score (nSPS) is 26.4. The van der Waals surface area contributed by atoms with Crippen LogP contribution in [0.1, 0.15) is 61.7 Å². The number of pyridine rings is 3. The van der Waals surface area contributed by atoms with Crippen molar-refractivity contribution in [1.29, 1.82) is 0 Å². The fraction of sp³-hybridized carbons (Fsp3) is 0.108. The molecule has 0 amide bonds. The van der Waals surface area contributed by atoms with Crippen molar-refractivity contribution in [2.75, 3.05) is 0 Å². The van der Waals surface area contributed by atoms with Crippen LogP contribution in [0.3, 0.4) is 0 Å². The second-order valence-electron chi connectivity index (χ2n) is 11.5. The van der Waals surface area contributed by atoms with Gasteiger partial charge in [0.1, 0.15) is 17.4 Å². The van der Waals surface area contributed by atoms with Gasteiger partial charge in [-0.1, -0.05) is 28.8 Å². The van der Waals surface area contributed by atoms with Crippen molar-refractivity contribution in [3.63, 3.8) is 0 Å². The van der Waals surface area contributed by atoms with E-state index in [0.29, 0.717) is 0 Å². The summed E-state index contributed by atoms with van der Waals surface area (Å²) in [7, 11) is 0. The van der Waals surface area contributed by atoms with Crippen LogP contribution < -0.4 is 4.57 Å². The van der Waals surface area contributed by atoms with Gasteiger partial charge in [0.25, 0.3) is 5.72 Å². The quantitative estimate of drug-likeness (QED) is 0.140. The Bertz CT molecular complexity index is 1660. The van der Waals surface area contributed by atoms with Gasteiger partial charge in [-0.25, -0.2) is 0 Å². The van der Waals surface area contributed by atoms with Crippen LogP contribution in [0.4, 0.5) is 0 Å². The van der Waals surface area contributed by atoms with Crippen LogP contribution >= 0.6 is 0 Å². The summed E-state index contributed by atoms with van der Waals surface area (Å²) in [4.78, 5) is 9.82. The van der Waals surface area contributed by atoms with Crippen molar-refractivity contribution in [1.82, 2.24) is 9.97 Å². The Morgan fingerprint density at radius 3 is 1.31 bits per heavy atom. The van der Waals surface area contributed by atoms with Gasteiger partial charge >= 0.3 is 0 Å². The molecule has 0 saturated carbocycles. The van der Waals surface area contributed by atoms with E-state index in [-0.39, 0.29) is 81.8 Å². The molecular weight excluding hydrogens is 743 g/mol. The number of benzene rings is 3. The van der Waals surface area contributed by atoms with Gasteiger partial charge in [-0.3, -0.25) is 14.5 Å². The Balaban J connectivity index is 0.00000300. The van der Waals surface area contributed by atoms with Gasteiger partial charge in [0.2, 0.25) is 0 Å². The second kappa shape index (κ2) is 9.31. The van der Waals surface area contributed by atoms with Crippen LogP contribution in [0.5, 0.6) is 0 Å². The molecule has 4 aliphatic rings.